The Morgan fingerprint density at radius 1 is 1.35 bits per heavy atom. The highest BCUT2D eigenvalue weighted by Crippen LogP contribution is 2.24. The summed E-state index contributed by atoms with van der Waals surface area (Å²) in [5.41, 5.74) is 0. The molecule has 17 heavy (non-hydrogen) atoms. The maximum Gasteiger partial charge on any atom is 0.0589 e. The molecule has 96 valence electrons. The van der Waals surface area contributed by atoms with E-state index < -0.39 is 10.8 Å². The molecule has 5 heteroatoms. The van der Waals surface area contributed by atoms with Crippen molar-refractivity contribution in [1.29, 1.82) is 0 Å². The number of rotatable bonds is 6. The molecule has 1 aromatic carbocycles. The minimum Gasteiger partial charge on any atom is -0.313 e. The third kappa shape index (κ3) is 4.59. The lowest BCUT2D eigenvalue weighted by Gasteiger charge is -2.15. The highest BCUT2D eigenvalue weighted by Gasteiger charge is 2.14. The van der Waals surface area contributed by atoms with E-state index in [1.54, 1.807) is 18.2 Å². The second-order valence-electron chi connectivity index (χ2n) is 3.75. The van der Waals surface area contributed by atoms with Crippen LogP contribution < -0.4 is 5.32 Å². The molecule has 0 spiro atoms. The van der Waals surface area contributed by atoms with E-state index in [0.717, 1.165) is 13.0 Å². The molecule has 0 saturated heterocycles. The lowest BCUT2D eigenvalue weighted by molar-refractivity contribution is 0.553. The minimum absolute atomic E-state index is 0.246. The van der Waals surface area contributed by atoms with Crippen molar-refractivity contribution in [3.8, 4) is 0 Å². The molecule has 0 aliphatic heterocycles. The summed E-state index contributed by atoms with van der Waals surface area (Å²) in [4.78, 5) is 0.621. The Morgan fingerprint density at radius 2 is 2.06 bits per heavy atom. The molecule has 1 aromatic rings. The molecule has 0 amide bonds. The third-order valence-corrected chi connectivity index (χ3v) is 4.69. The zero-order chi connectivity index (χ0) is 12.8. The summed E-state index contributed by atoms with van der Waals surface area (Å²) in [6.07, 6.45) is 0.942. The van der Waals surface area contributed by atoms with Crippen molar-refractivity contribution in [3.63, 3.8) is 0 Å². The van der Waals surface area contributed by atoms with Crippen molar-refractivity contribution >= 4 is 34.0 Å². The molecule has 2 atom stereocenters. The van der Waals surface area contributed by atoms with Gasteiger partial charge in [0.1, 0.15) is 0 Å². The Hall–Kier alpha value is -0.0900. The summed E-state index contributed by atoms with van der Waals surface area (Å²) in [6, 6.07) is 5.31. The van der Waals surface area contributed by atoms with E-state index in [9.17, 15) is 4.21 Å². The first-order chi connectivity index (χ1) is 8.08. The first kappa shape index (κ1) is 15.0. The van der Waals surface area contributed by atoms with Crippen LogP contribution in [0.3, 0.4) is 0 Å². The Labute approximate surface area is 115 Å². The highest BCUT2D eigenvalue weighted by molar-refractivity contribution is 7.85. The average molecular weight is 294 g/mol. The van der Waals surface area contributed by atoms with Gasteiger partial charge in [-0.3, -0.25) is 4.21 Å². The molecule has 1 rings (SSSR count). The fraction of sp³-hybridized carbons (Fsp3) is 0.500. The van der Waals surface area contributed by atoms with E-state index in [1.807, 2.05) is 6.92 Å². The zero-order valence-electron chi connectivity index (χ0n) is 10.0. The molecule has 0 aromatic heterocycles. The Kier molecular flexibility index (Phi) is 6.49. The molecule has 0 bridgehead atoms. The lowest BCUT2D eigenvalue weighted by Crippen LogP contribution is -2.33. The molecular weight excluding hydrogens is 277 g/mol. The Bertz CT molecular complexity index is 398. The van der Waals surface area contributed by atoms with Crippen molar-refractivity contribution < 1.29 is 4.21 Å². The van der Waals surface area contributed by atoms with Crippen LogP contribution in [0.2, 0.25) is 10.0 Å². The number of hydrogen-bond acceptors (Lipinski definition) is 2. The van der Waals surface area contributed by atoms with Crippen molar-refractivity contribution in [2.24, 2.45) is 0 Å². The minimum atomic E-state index is -1.12. The number of benzene rings is 1. The predicted molar refractivity (Wildman–Crippen MR) is 75.5 cm³/mol. The van der Waals surface area contributed by atoms with Crippen LogP contribution in [0.15, 0.2) is 23.1 Å². The maximum atomic E-state index is 12.2. The van der Waals surface area contributed by atoms with Gasteiger partial charge < -0.3 is 5.32 Å². The average Bonchev–Trinajstić information content (AvgIpc) is 2.31. The van der Waals surface area contributed by atoms with Gasteiger partial charge in [0, 0.05) is 16.8 Å². The van der Waals surface area contributed by atoms with Crippen LogP contribution in [-0.4, -0.2) is 22.5 Å². The summed E-state index contributed by atoms with van der Waals surface area (Å²) >= 11 is 11.9. The molecule has 1 N–H and O–H groups in total. The van der Waals surface area contributed by atoms with Gasteiger partial charge in [0.15, 0.2) is 0 Å². The Morgan fingerprint density at radius 3 is 2.65 bits per heavy atom. The van der Waals surface area contributed by atoms with Crippen molar-refractivity contribution in [1.82, 2.24) is 5.32 Å². The van der Waals surface area contributed by atoms with E-state index in [0.29, 0.717) is 20.7 Å². The molecule has 2 nitrogen and oxygen atoms in total. The zero-order valence-corrected chi connectivity index (χ0v) is 12.3. The molecule has 0 aliphatic carbocycles. The van der Waals surface area contributed by atoms with Gasteiger partial charge in [0.25, 0.3) is 0 Å². The van der Waals surface area contributed by atoms with E-state index in [4.69, 9.17) is 23.2 Å². The first-order valence-corrected chi connectivity index (χ1v) is 7.72. The Balaban J connectivity index is 2.78. The van der Waals surface area contributed by atoms with Gasteiger partial charge in [-0.25, -0.2) is 0 Å². The van der Waals surface area contributed by atoms with E-state index in [1.165, 1.54) is 0 Å². The van der Waals surface area contributed by atoms with Gasteiger partial charge in [-0.15, -0.1) is 0 Å². The second kappa shape index (κ2) is 7.37. The quantitative estimate of drug-likeness (QED) is 0.870. The van der Waals surface area contributed by atoms with Gasteiger partial charge in [-0.1, -0.05) is 37.0 Å². The van der Waals surface area contributed by atoms with E-state index >= 15 is 0 Å². The maximum absolute atomic E-state index is 12.2. The molecule has 0 saturated carbocycles. The summed E-state index contributed by atoms with van der Waals surface area (Å²) in [6.45, 7) is 4.99. The smallest absolute Gasteiger partial charge is 0.0589 e. The molecule has 2 unspecified atom stereocenters. The van der Waals surface area contributed by atoms with Crippen LogP contribution in [0, 0.1) is 0 Å². The van der Waals surface area contributed by atoms with Gasteiger partial charge in [0.2, 0.25) is 0 Å². The van der Waals surface area contributed by atoms with Crippen molar-refractivity contribution in [2.75, 3.05) is 12.3 Å². The number of nitrogens with one attached hydrogen (secondary N) is 1. The molecule has 0 fully saturated rings. The topological polar surface area (TPSA) is 29.1 Å². The van der Waals surface area contributed by atoms with Crippen molar-refractivity contribution in [2.45, 2.75) is 31.2 Å². The SMILES string of the molecule is CCNC(CC)CS(=O)c1cc(Cl)ccc1Cl. The lowest BCUT2D eigenvalue weighted by atomic mass is 10.2. The summed E-state index contributed by atoms with van der Waals surface area (Å²) in [5.74, 6) is 0.560. The molecule has 0 heterocycles. The second-order valence-corrected chi connectivity index (χ2v) is 6.06. The summed E-state index contributed by atoms with van der Waals surface area (Å²) < 4.78 is 12.2. The standard InChI is InChI=1S/C12H17Cl2NOS/c1-3-10(15-4-2)8-17(16)12-7-9(13)5-6-11(12)14/h5-7,10,15H,3-4,8H2,1-2H3. The van der Waals surface area contributed by atoms with Crippen LogP contribution in [0.4, 0.5) is 0 Å². The molecule has 0 aliphatic rings. The van der Waals surface area contributed by atoms with Crippen LogP contribution in [-0.2, 0) is 10.8 Å². The summed E-state index contributed by atoms with van der Waals surface area (Å²) in [5, 5.41) is 4.38. The van der Waals surface area contributed by atoms with E-state index in [-0.39, 0.29) is 6.04 Å². The van der Waals surface area contributed by atoms with Crippen LogP contribution in [0.1, 0.15) is 20.3 Å². The number of halogens is 2. The van der Waals surface area contributed by atoms with Gasteiger partial charge in [-0.05, 0) is 31.2 Å². The monoisotopic (exact) mass is 293 g/mol. The van der Waals surface area contributed by atoms with Crippen LogP contribution >= 0.6 is 23.2 Å². The predicted octanol–water partition coefficient (Wildman–Crippen LogP) is 3.49. The third-order valence-electron chi connectivity index (χ3n) is 2.48. The van der Waals surface area contributed by atoms with Gasteiger partial charge in [-0.2, -0.15) is 0 Å². The highest BCUT2D eigenvalue weighted by atomic mass is 35.5. The molecule has 0 radical (unpaired) electrons. The normalized spacial score (nSPS) is 14.6. The van der Waals surface area contributed by atoms with E-state index in [2.05, 4.69) is 12.2 Å². The van der Waals surface area contributed by atoms with Gasteiger partial charge in [0.05, 0.1) is 20.7 Å². The first-order valence-electron chi connectivity index (χ1n) is 5.65. The van der Waals surface area contributed by atoms with Crippen LogP contribution in [0.25, 0.3) is 0 Å². The van der Waals surface area contributed by atoms with Crippen LogP contribution in [0.5, 0.6) is 0 Å². The fourth-order valence-electron chi connectivity index (χ4n) is 1.53. The number of hydrogen-bond donors (Lipinski definition) is 1. The summed E-state index contributed by atoms with van der Waals surface area (Å²) in [7, 11) is -1.12. The van der Waals surface area contributed by atoms with Crippen molar-refractivity contribution in [3.05, 3.63) is 28.2 Å². The molecular formula is C12H17Cl2NOS. The van der Waals surface area contributed by atoms with Gasteiger partial charge >= 0.3 is 0 Å². The fourth-order valence-corrected chi connectivity index (χ4v) is 3.59. The largest absolute Gasteiger partial charge is 0.313 e.